The van der Waals surface area contributed by atoms with Crippen LogP contribution < -0.4 is 0 Å². The van der Waals surface area contributed by atoms with Gasteiger partial charge in [0.1, 0.15) is 0 Å². The van der Waals surface area contributed by atoms with Crippen molar-refractivity contribution < 1.29 is 4.74 Å². The monoisotopic (exact) mass is 305 g/mol. The third-order valence-corrected chi connectivity index (χ3v) is 4.19. The molecule has 0 N–H and O–H groups in total. The van der Waals surface area contributed by atoms with Crippen LogP contribution in [0.1, 0.15) is 25.2 Å². The van der Waals surface area contributed by atoms with Gasteiger partial charge in [-0.05, 0) is 20.8 Å². The molecule has 6 heteroatoms. The van der Waals surface area contributed by atoms with E-state index in [0.717, 1.165) is 36.0 Å². The lowest BCUT2D eigenvalue weighted by Crippen LogP contribution is -2.53. The summed E-state index contributed by atoms with van der Waals surface area (Å²) in [5, 5.41) is 5.11. The Morgan fingerprint density at radius 1 is 1.47 bits per heavy atom. The lowest BCUT2D eigenvalue weighted by Gasteiger charge is -2.42. The third-order valence-electron chi connectivity index (χ3n) is 3.36. The molecule has 2 rings (SSSR count). The average molecular weight is 306 g/mol. The fourth-order valence-electron chi connectivity index (χ4n) is 2.68. The molecule has 1 saturated heterocycles. The summed E-state index contributed by atoms with van der Waals surface area (Å²) >= 11 is 12.3. The van der Waals surface area contributed by atoms with Crippen molar-refractivity contribution in [3.8, 4) is 0 Å². The first-order chi connectivity index (χ1) is 8.82. The Balaban J connectivity index is 2.14. The molecule has 108 valence electrons. The second-order valence-electron chi connectivity index (χ2n) is 5.79. The van der Waals surface area contributed by atoms with Crippen molar-refractivity contribution in [3.63, 3.8) is 0 Å². The fraction of sp³-hybridized carbons (Fsp3) is 0.769. The standard InChI is InChI=1S/C13H21Cl2N3O/c1-9-12(15)11(17(4)16-9)7-18-6-10(5-14)19-13(2,3)8-18/h10H,5-8H2,1-4H3. The first-order valence-corrected chi connectivity index (χ1v) is 7.38. The third kappa shape index (κ3) is 3.43. The maximum atomic E-state index is 6.31. The van der Waals surface area contributed by atoms with Gasteiger partial charge in [-0.25, -0.2) is 0 Å². The van der Waals surface area contributed by atoms with Gasteiger partial charge in [-0.1, -0.05) is 11.6 Å². The van der Waals surface area contributed by atoms with Crippen LogP contribution in [-0.4, -0.2) is 45.4 Å². The quantitative estimate of drug-likeness (QED) is 0.804. The van der Waals surface area contributed by atoms with Gasteiger partial charge in [0.05, 0.1) is 28.1 Å². The highest BCUT2D eigenvalue weighted by Gasteiger charge is 2.33. The Labute approximate surface area is 124 Å². The summed E-state index contributed by atoms with van der Waals surface area (Å²) in [5.74, 6) is 0.512. The minimum Gasteiger partial charge on any atom is -0.368 e. The minimum atomic E-state index is -0.183. The van der Waals surface area contributed by atoms with Gasteiger partial charge in [-0.15, -0.1) is 11.6 Å². The lowest BCUT2D eigenvalue weighted by molar-refractivity contribution is -0.129. The van der Waals surface area contributed by atoms with Crippen LogP contribution in [0.2, 0.25) is 5.02 Å². The molecule has 1 fully saturated rings. The number of hydrogen-bond donors (Lipinski definition) is 0. The number of nitrogens with zero attached hydrogens (tertiary/aromatic N) is 3. The van der Waals surface area contributed by atoms with Crippen molar-refractivity contribution in [2.75, 3.05) is 19.0 Å². The van der Waals surface area contributed by atoms with Crippen molar-refractivity contribution in [2.24, 2.45) is 7.05 Å². The van der Waals surface area contributed by atoms with Gasteiger partial charge in [0.15, 0.2) is 0 Å². The van der Waals surface area contributed by atoms with Crippen LogP contribution in [0.5, 0.6) is 0 Å². The van der Waals surface area contributed by atoms with E-state index in [1.54, 1.807) is 0 Å². The van der Waals surface area contributed by atoms with Crippen molar-refractivity contribution in [3.05, 3.63) is 16.4 Å². The van der Waals surface area contributed by atoms with Gasteiger partial charge in [-0.2, -0.15) is 5.10 Å². The molecule has 0 radical (unpaired) electrons. The first kappa shape index (κ1) is 15.1. The lowest BCUT2D eigenvalue weighted by atomic mass is 10.1. The molecule has 4 nitrogen and oxygen atoms in total. The van der Waals surface area contributed by atoms with Gasteiger partial charge in [0, 0.05) is 32.6 Å². The van der Waals surface area contributed by atoms with Crippen molar-refractivity contribution in [1.29, 1.82) is 0 Å². The van der Waals surface area contributed by atoms with Crippen LogP contribution in [0, 0.1) is 6.92 Å². The number of morpholine rings is 1. The van der Waals surface area contributed by atoms with Crippen LogP contribution >= 0.6 is 23.2 Å². The van der Waals surface area contributed by atoms with E-state index in [9.17, 15) is 0 Å². The van der Waals surface area contributed by atoms with Crippen LogP contribution in [0.4, 0.5) is 0 Å². The van der Waals surface area contributed by atoms with Gasteiger partial charge in [0.25, 0.3) is 0 Å². The highest BCUT2D eigenvalue weighted by atomic mass is 35.5. The van der Waals surface area contributed by atoms with E-state index in [-0.39, 0.29) is 11.7 Å². The number of alkyl halides is 1. The Morgan fingerprint density at radius 3 is 2.68 bits per heavy atom. The number of hydrogen-bond acceptors (Lipinski definition) is 3. The van der Waals surface area contributed by atoms with Gasteiger partial charge in [-0.3, -0.25) is 9.58 Å². The molecule has 1 atom stereocenters. The topological polar surface area (TPSA) is 30.3 Å². The number of rotatable bonds is 3. The summed E-state index contributed by atoms with van der Waals surface area (Å²) in [6.07, 6.45) is 0.0681. The Bertz CT molecular complexity index is 459. The molecule has 2 heterocycles. The van der Waals surface area contributed by atoms with E-state index in [2.05, 4.69) is 23.8 Å². The average Bonchev–Trinajstić information content (AvgIpc) is 2.54. The number of aromatic nitrogens is 2. The summed E-state index contributed by atoms with van der Waals surface area (Å²) in [5.41, 5.74) is 1.74. The number of ether oxygens (including phenoxy) is 1. The Morgan fingerprint density at radius 2 is 2.16 bits per heavy atom. The van der Waals surface area contributed by atoms with Crippen LogP contribution in [-0.2, 0) is 18.3 Å². The molecule has 0 bridgehead atoms. The van der Waals surface area contributed by atoms with Crippen molar-refractivity contribution in [2.45, 2.75) is 39.0 Å². The molecule has 19 heavy (non-hydrogen) atoms. The highest BCUT2D eigenvalue weighted by Crippen LogP contribution is 2.26. The molecular formula is C13H21Cl2N3O. The summed E-state index contributed by atoms with van der Waals surface area (Å²) in [6.45, 7) is 8.57. The summed E-state index contributed by atoms with van der Waals surface area (Å²) in [4.78, 5) is 2.33. The summed E-state index contributed by atoms with van der Waals surface area (Å²) < 4.78 is 7.78. The predicted molar refractivity (Wildman–Crippen MR) is 77.9 cm³/mol. The smallest absolute Gasteiger partial charge is 0.0860 e. The summed E-state index contributed by atoms with van der Waals surface area (Å²) in [7, 11) is 1.93. The van der Waals surface area contributed by atoms with Crippen molar-refractivity contribution in [1.82, 2.24) is 14.7 Å². The molecule has 1 aliphatic heterocycles. The van der Waals surface area contributed by atoms with Gasteiger partial charge < -0.3 is 4.74 Å². The van der Waals surface area contributed by atoms with Crippen LogP contribution in [0.15, 0.2) is 0 Å². The van der Waals surface area contributed by atoms with E-state index in [4.69, 9.17) is 27.9 Å². The molecule has 1 aliphatic rings. The Kier molecular flexibility index (Phi) is 4.45. The van der Waals surface area contributed by atoms with Gasteiger partial charge >= 0.3 is 0 Å². The zero-order chi connectivity index (χ0) is 14.2. The van der Waals surface area contributed by atoms with Crippen LogP contribution in [0.25, 0.3) is 0 Å². The molecule has 0 aliphatic carbocycles. The number of halogens is 2. The second kappa shape index (κ2) is 5.60. The fourth-order valence-corrected chi connectivity index (χ4v) is 3.06. The molecule has 0 spiro atoms. The first-order valence-electron chi connectivity index (χ1n) is 6.46. The zero-order valence-electron chi connectivity index (χ0n) is 11.9. The molecule has 1 aromatic rings. The van der Waals surface area contributed by atoms with E-state index < -0.39 is 0 Å². The zero-order valence-corrected chi connectivity index (χ0v) is 13.4. The molecule has 0 amide bonds. The SMILES string of the molecule is Cc1nn(C)c(CN2CC(CCl)OC(C)(C)C2)c1Cl. The molecule has 1 unspecified atom stereocenters. The normalized spacial score (nSPS) is 23.8. The predicted octanol–water partition coefficient (Wildman–Crippen LogP) is 2.60. The molecular weight excluding hydrogens is 285 g/mol. The van der Waals surface area contributed by atoms with E-state index in [0.29, 0.717) is 5.88 Å². The highest BCUT2D eigenvalue weighted by molar-refractivity contribution is 6.31. The Hall–Kier alpha value is -0.290. The molecule has 1 aromatic heterocycles. The van der Waals surface area contributed by atoms with E-state index in [1.165, 1.54) is 0 Å². The van der Waals surface area contributed by atoms with Crippen LogP contribution in [0.3, 0.4) is 0 Å². The molecule has 0 saturated carbocycles. The maximum absolute atomic E-state index is 6.31. The summed E-state index contributed by atoms with van der Waals surface area (Å²) in [6, 6.07) is 0. The van der Waals surface area contributed by atoms with E-state index in [1.807, 2.05) is 18.7 Å². The number of aryl methyl sites for hydroxylation is 2. The largest absolute Gasteiger partial charge is 0.368 e. The van der Waals surface area contributed by atoms with Gasteiger partial charge in [0.2, 0.25) is 0 Å². The van der Waals surface area contributed by atoms with E-state index >= 15 is 0 Å². The maximum Gasteiger partial charge on any atom is 0.0860 e. The second-order valence-corrected chi connectivity index (χ2v) is 6.48. The van der Waals surface area contributed by atoms with Crippen molar-refractivity contribution >= 4 is 23.2 Å². The minimum absolute atomic E-state index is 0.0681. The molecule has 0 aromatic carbocycles.